The molecule has 1 fully saturated rings. The lowest BCUT2D eigenvalue weighted by molar-refractivity contribution is -0.921. The van der Waals surface area contributed by atoms with Gasteiger partial charge in [0.1, 0.15) is 6.42 Å². The van der Waals surface area contributed by atoms with Crippen molar-refractivity contribution in [3.63, 3.8) is 0 Å². The minimum Gasteiger partial charge on any atom is -0.465 e. The lowest BCUT2D eigenvalue weighted by atomic mass is 10.1. The van der Waals surface area contributed by atoms with Crippen LogP contribution in [0.25, 0.3) is 0 Å². The number of quaternary nitrogens is 1. The van der Waals surface area contributed by atoms with Crippen molar-refractivity contribution in [2.75, 3.05) is 26.3 Å². The number of hydrogen-bond donors (Lipinski definition) is 1. The molecule has 1 saturated heterocycles. The van der Waals surface area contributed by atoms with E-state index in [-0.39, 0.29) is 18.4 Å². The molecule has 0 aromatic carbocycles. The van der Waals surface area contributed by atoms with Gasteiger partial charge in [0.2, 0.25) is 0 Å². The van der Waals surface area contributed by atoms with Gasteiger partial charge in [-0.05, 0) is 32.1 Å². The molecule has 0 unspecified atom stereocenters. The van der Waals surface area contributed by atoms with Crippen molar-refractivity contribution in [1.82, 2.24) is 0 Å². The molecule has 1 N–H and O–H groups in total. The third-order valence-electron chi connectivity index (χ3n) is 4.65. The van der Waals surface area contributed by atoms with E-state index in [2.05, 4.69) is 13.8 Å². The maximum absolute atomic E-state index is 12.5. The van der Waals surface area contributed by atoms with Crippen LogP contribution in [0, 0.1) is 0 Å². The summed E-state index contributed by atoms with van der Waals surface area (Å²) in [7, 11) is 0. The molecule has 1 atom stereocenters. The third-order valence-corrected chi connectivity index (χ3v) is 4.65. The van der Waals surface area contributed by atoms with Gasteiger partial charge < -0.3 is 14.4 Å². The van der Waals surface area contributed by atoms with E-state index in [1.807, 2.05) is 0 Å². The number of hydrogen-bond acceptors (Lipinski definition) is 4. The minimum absolute atomic E-state index is 0.147. The number of unbranched alkanes of at least 4 members (excludes halogenated alkanes) is 4. The number of esters is 2. The maximum atomic E-state index is 12.5. The van der Waals surface area contributed by atoms with E-state index in [0.717, 1.165) is 64.5 Å². The molecule has 1 heterocycles. The summed E-state index contributed by atoms with van der Waals surface area (Å²) >= 11 is 0. The standard InChI is InChI=1S/C19H35NO4/c1-3-5-10-14-23-18(21)16-17(20-12-8-7-9-13-20)19(22)24-15-11-6-4-2/h17H,3-16H2,1-2H3/p+1/t17-/m0/s1. The van der Waals surface area contributed by atoms with Crippen molar-refractivity contribution in [2.24, 2.45) is 0 Å². The molecule has 0 amide bonds. The number of rotatable bonds is 12. The van der Waals surface area contributed by atoms with E-state index in [0.29, 0.717) is 13.2 Å². The highest BCUT2D eigenvalue weighted by Crippen LogP contribution is 2.04. The zero-order valence-corrected chi connectivity index (χ0v) is 15.6. The average molecular weight is 343 g/mol. The lowest BCUT2D eigenvalue weighted by Crippen LogP contribution is -3.17. The minimum atomic E-state index is -0.398. The Bertz CT molecular complexity index is 353. The number of ether oxygens (including phenoxy) is 2. The fourth-order valence-electron chi connectivity index (χ4n) is 3.14. The zero-order chi connectivity index (χ0) is 17.6. The molecular formula is C19H36NO4+. The number of nitrogens with one attached hydrogen (secondary N) is 1. The van der Waals surface area contributed by atoms with Crippen molar-refractivity contribution in [3.8, 4) is 0 Å². The van der Waals surface area contributed by atoms with Crippen LogP contribution in [0.5, 0.6) is 0 Å². The van der Waals surface area contributed by atoms with E-state index in [1.54, 1.807) is 0 Å². The fourth-order valence-corrected chi connectivity index (χ4v) is 3.14. The Morgan fingerprint density at radius 3 is 2.04 bits per heavy atom. The number of carbonyl (C=O) groups excluding carboxylic acids is 2. The Morgan fingerprint density at radius 1 is 0.875 bits per heavy atom. The van der Waals surface area contributed by atoms with Crippen LogP contribution < -0.4 is 4.90 Å². The van der Waals surface area contributed by atoms with Crippen LogP contribution in [-0.2, 0) is 19.1 Å². The first-order chi connectivity index (χ1) is 11.7. The Hall–Kier alpha value is -1.10. The molecule has 0 bridgehead atoms. The van der Waals surface area contributed by atoms with Crippen LogP contribution in [0.4, 0.5) is 0 Å². The molecule has 0 saturated carbocycles. The summed E-state index contributed by atoms with van der Waals surface area (Å²) in [5.41, 5.74) is 0. The first-order valence-electron chi connectivity index (χ1n) is 9.85. The summed E-state index contributed by atoms with van der Waals surface area (Å²) in [5.74, 6) is -0.492. The van der Waals surface area contributed by atoms with Gasteiger partial charge in [0, 0.05) is 0 Å². The van der Waals surface area contributed by atoms with Crippen LogP contribution in [0.2, 0.25) is 0 Å². The highest BCUT2D eigenvalue weighted by atomic mass is 16.5. The molecule has 1 rings (SSSR count). The van der Waals surface area contributed by atoms with Crippen LogP contribution in [0.15, 0.2) is 0 Å². The maximum Gasteiger partial charge on any atom is 0.365 e. The Balaban J connectivity index is 2.47. The van der Waals surface area contributed by atoms with Crippen LogP contribution >= 0.6 is 0 Å². The Kier molecular flexibility index (Phi) is 11.5. The summed E-state index contributed by atoms with van der Waals surface area (Å²) in [4.78, 5) is 25.8. The molecule has 0 aliphatic carbocycles. The number of piperidine rings is 1. The van der Waals surface area contributed by atoms with Gasteiger partial charge in [-0.25, -0.2) is 4.79 Å². The van der Waals surface area contributed by atoms with Gasteiger partial charge in [-0.3, -0.25) is 4.79 Å². The molecule has 0 aromatic rings. The van der Waals surface area contributed by atoms with Gasteiger partial charge in [0.15, 0.2) is 6.04 Å². The predicted octanol–water partition coefficient (Wildman–Crippen LogP) is 2.28. The van der Waals surface area contributed by atoms with Crippen molar-refractivity contribution >= 4 is 11.9 Å². The lowest BCUT2D eigenvalue weighted by Gasteiger charge is -2.29. The molecule has 24 heavy (non-hydrogen) atoms. The first kappa shape index (κ1) is 20.9. The number of carbonyl (C=O) groups is 2. The first-order valence-corrected chi connectivity index (χ1v) is 9.85. The highest BCUT2D eigenvalue weighted by molar-refractivity contribution is 5.81. The summed E-state index contributed by atoms with van der Waals surface area (Å²) in [6.07, 6.45) is 9.70. The molecule has 5 nitrogen and oxygen atoms in total. The molecule has 0 radical (unpaired) electrons. The smallest absolute Gasteiger partial charge is 0.365 e. The van der Waals surface area contributed by atoms with Gasteiger partial charge in [0.25, 0.3) is 0 Å². The van der Waals surface area contributed by atoms with Crippen LogP contribution in [-0.4, -0.2) is 44.3 Å². The van der Waals surface area contributed by atoms with E-state index < -0.39 is 6.04 Å². The summed E-state index contributed by atoms with van der Waals surface area (Å²) in [6.45, 7) is 7.04. The molecular weight excluding hydrogens is 306 g/mol. The van der Waals surface area contributed by atoms with Crippen molar-refractivity contribution in [2.45, 2.75) is 84.1 Å². The molecule has 1 aliphatic heterocycles. The fraction of sp³-hybridized carbons (Fsp3) is 0.895. The topological polar surface area (TPSA) is 57.0 Å². The number of likely N-dealkylation sites (tertiary alicyclic amines) is 1. The zero-order valence-electron chi connectivity index (χ0n) is 15.6. The van der Waals surface area contributed by atoms with Gasteiger partial charge in [0.05, 0.1) is 26.3 Å². The van der Waals surface area contributed by atoms with E-state index in [4.69, 9.17) is 9.47 Å². The molecule has 1 aliphatic rings. The predicted molar refractivity (Wildman–Crippen MR) is 93.9 cm³/mol. The van der Waals surface area contributed by atoms with Crippen molar-refractivity contribution in [1.29, 1.82) is 0 Å². The van der Waals surface area contributed by atoms with Gasteiger partial charge >= 0.3 is 11.9 Å². The van der Waals surface area contributed by atoms with Crippen molar-refractivity contribution in [3.05, 3.63) is 0 Å². The average Bonchev–Trinajstić information content (AvgIpc) is 2.61. The second-order valence-electron chi connectivity index (χ2n) is 6.78. The third kappa shape index (κ3) is 8.67. The second kappa shape index (κ2) is 13.2. The van der Waals surface area contributed by atoms with E-state index >= 15 is 0 Å². The van der Waals surface area contributed by atoms with E-state index in [1.165, 1.54) is 11.3 Å². The summed E-state index contributed by atoms with van der Waals surface area (Å²) < 4.78 is 10.7. The highest BCUT2D eigenvalue weighted by Gasteiger charge is 2.34. The quantitative estimate of drug-likeness (QED) is 0.437. The molecule has 0 spiro atoms. The molecule has 5 heteroatoms. The van der Waals surface area contributed by atoms with Gasteiger partial charge in [-0.2, -0.15) is 0 Å². The van der Waals surface area contributed by atoms with Gasteiger partial charge in [-0.15, -0.1) is 0 Å². The Labute approximate surface area is 147 Å². The molecule has 0 aromatic heterocycles. The monoisotopic (exact) mass is 342 g/mol. The summed E-state index contributed by atoms with van der Waals surface area (Å²) in [6, 6.07) is -0.398. The normalized spacial score (nSPS) is 16.6. The van der Waals surface area contributed by atoms with Crippen LogP contribution in [0.3, 0.4) is 0 Å². The Morgan fingerprint density at radius 2 is 1.46 bits per heavy atom. The van der Waals surface area contributed by atoms with Crippen molar-refractivity contribution < 1.29 is 24.0 Å². The second-order valence-corrected chi connectivity index (χ2v) is 6.78. The van der Waals surface area contributed by atoms with Crippen LogP contribution in [0.1, 0.15) is 78.1 Å². The van der Waals surface area contributed by atoms with Gasteiger partial charge in [-0.1, -0.05) is 39.5 Å². The van der Waals surface area contributed by atoms with E-state index in [9.17, 15) is 9.59 Å². The summed E-state index contributed by atoms with van der Waals surface area (Å²) in [5, 5.41) is 0. The molecule has 140 valence electrons. The largest absolute Gasteiger partial charge is 0.465 e. The SMILES string of the molecule is CCCCCOC(=O)C[C@@H](C(=O)OCCCCC)[NH+]1CCCCC1.